The van der Waals surface area contributed by atoms with Crippen LogP contribution in [0.4, 0.5) is 0 Å². The summed E-state index contributed by atoms with van der Waals surface area (Å²) >= 11 is 0. The normalized spacial score (nSPS) is 9.08. The first-order valence-corrected chi connectivity index (χ1v) is 7.11. The zero-order valence-electron chi connectivity index (χ0n) is 14.2. The molecule has 0 radical (unpaired) electrons. The van der Waals surface area contributed by atoms with Crippen LogP contribution >= 0.6 is 0 Å². The van der Waals surface area contributed by atoms with Gasteiger partial charge in [0, 0.05) is 29.0 Å². The molecule has 0 amide bonds. The lowest BCUT2D eigenvalue weighted by Crippen LogP contribution is -2.02. The standard InChI is InChI=1S/C19H16O4.2H2O/c1-12(20)16-7-4-8-18-15(6-5-11-23-14(3)22)9-10-17(13(2)21)19(16)18;;/h4,7-10H,11H2,1-3H3;2*1H2. The van der Waals surface area contributed by atoms with Gasteiger partial charge >= 0.3 is 5.97 Å². The fourth-order valence-corrected chi connectivity index (χ4v) is 2.37. The van der Waals surface area contributed by atoms with E-state index in [1.165, 1.54) is 20.8 Å². The fourth-order valence-electron chi connectivity index (χ4n) is 2.37. The Kier molecular flexibility index (Phi) is 8.20. The summed E-state index contributed by atoms with van der Waals surface area (Å²) in [6.45, 7) is 4.25. The number of benzene rings is 2. The van der Waals surface area contributed by atoms with Gasteiger partial charge in [0.25, 0.3) is 0 Å². The van der Waals surface area contributed by atoms with Crippen LogP contribution in [-0.2, 0) is 9.53 Å². The molecule has 2 aromatic rings. The van der Waals surface area contributed by atoms with E-state index < -0.39 is 5.97 Å². The molecule has 0 bridgehead atoms. The van der Waals surface area contributed by atoms with Gasteiger partial charge in [-0.05, 0) is 31.4 Å². The van der Waals surface area contributed by atoms with Gasteiger partial charge in [-0.25, -0.2) is 0 Å². The fraction of sp³-hybridized carbons (Fsp3) is 0.211. The van der Waals surface area contributed by atoms with E-state index in [1.54, 1.807) is 24.3 Å². The molecule has 0 atom stereocenters. The quantitative estimate of drug-likeness (QED) is 0.475. The third-order valence-corrected chi connectivity index (χ3v) is 3.37. The number of ketones is 2. The minimum Gasteiger partial charge on any atom is -0.453 e. The molecule has 0 saturated heterocycles. The molecule has 0 aliphatic rings. The second-order valence-corrected chi connectivity index (χ2v) is 5.08. The third kappa shape index (κ3) is 4.98. The van der Waals surface area contributed by atoms with Crippen LogP contribution in [0.3, 0.4) is 0 Å². The van der Waals surface area contributed by atoms with Gasteiger partial charge in [-0.15, -0.1) is 0 Å². The number of rotatable bonds is 3. The minimum atomic E-state index is -0.394. The van der Waals surface area contributed by atoms with E-state index in [9.17, 15) is 14.4 Å². The zero-order chi connectivity index (χ0) is 17.0. The second-order valence-electron chi connectivity index (χ2n) is 5.08. The molecule has 0 fully saturated rings. The molecule has 132 valence electrons. The van der Waals surface area contributed by atoms with Crippen molar-refractivity contribution in [2.75, 3.05) is 6.61 Å². The Hall–Kier alpha value is -3.01. The SMILES string of the molecule is CC(=O)OCC#Cc1ccc(C(C)=O)c2c(C(C)=O)cccc12.O.O. The highest BCUT2D eigenvalue weighted by atomic mass is 16.5. The van der Waals surface area contributed by atoms with Gasteiger partial charge in [-0.2, -0.15) is 0 Å². The van der Waals surface area contributed by atoms with Crippen molar-refractivity contribution in [1.82, 2.24) is 0 Å². The van der Waals surface area contributed by atoms with E-state index in [1.807, 2.05) is 6.07 Å². The smallest absolute Gasteiger partial charge is 0.303 e. The van der Waals surface area contributed by atoms with Crippen molar-refractivity contribution in [1.29, 1.82) is 0 Å². The average Bonchev–Trinajstić information content (AvgIpc) is 2.50. The van der Waals surface area contributed by atoms with Crippen molar-refractivity contribution >= 4 is 28.3 Å². The van der Waals surface area contributed by atoms with Crippen molar-refractivity contribution < 1.29 is 30.1 Å². The summed E-state index contributed by atoms with van der Waals surface area (Å²) < 4.78 is 4.78. The van der Waals surface area contributed by atoms with Crippen LogP contribution < -0.4 is 0 Å². The monoisotopic (exact) mass is 344 g/mol. The van der Waals surface area contributed by atoms with Gasteiger partial charge in [0.1, 0.15) is 0 Å². The summed E-state index contributed by atoms with van der Waals surface area (Å²) in [5.74, 6) is 5.08. The van der Waals surface area contributed by atoms with E-state index >= 15 is 0 Å². The number of carbonyl (C=O) groups is 3. The van der Waals surface area contributed by atoms with Crippen LogP contribution in [-0.4, -0.2) is 35.1 Å². The number of Topliss-reactive ketones (excluding diaryl/α,β-unsaturated/α-hetero) is 2. The van der Waals surface area contributed by atoms with Crippen LogP contribution in [0.25, 0.3) is 10.8 Å². The lowest BCUT2D eigenvalue weighted by Gasteiger charge is -2.09. The van der Waals surface area contributed by atoms with Gasteiger partial charge in [0.05, 0.1) is 0 Å². The summed E-state index contributed by atoms with van der Waals surface area (Å²) in [6, 6.07) is 8.70. The Morgan fingerprint density at radius 2 is 1.52 bits per heavy atom. The molecule has 0 aromatic heterocycles. The molecule has 2 rings (SSSR count). The molecule has 4 N–H and O–H groups in total. The Bertz CT molecular complexity index is 850. The van der Waals surface area contributed by atoms with E-state index in [4.69, 9.17) is 4.74 Å². The number of ether oxygens (including phenoxy) is 1. The summed E-state index contributed by atoms with van der Waals surface area (Å²) in [6.07, 6.45) is 0. The minimum absolute atomic E-state index is 0. The highest BCUT2D eigenvalue weighted by Crippen LogP contribution is 2.27. The van der Waals surface area contributed by atoms with Crippen molar-refractivity contribution in [3.8, 4) is 11.8 Å². The van der Waals surface area contributed by atoms with E-state index in [0.717, 1.165) is 5.39 Å². The van der Waals surface area contributed by atoms with Crippen LogP contribution in [0.1, 0.15) is 47.1 Å². The summed E-state index contributed by atoms with van der Waals surface area (Å²) in [4.78, 5) is 34.5. The van der Waals surface area contributed by atoms with Gasteiger partial charge in [-0.1, -0.05) is 30.0 Å². The number of esters is 1. The Balaban J connectivity index is 0.00000288. The molecule has 6 heteroatoms. The predicted molar refractivity (Wildman–Crippen MR) is 94.7 cm³/mol. The van der Waals surface area contributed by atoms with Crippen molar-refractivity contribution in [3.63, 3.8) is 0 Å². The molecule has 0 aliphatic carbocycles. The largest absolute Gasteiger partial charge is 0.453 e. The van der Waals surface area contributed by atoms with Crippen molar-refractivity contribution in [2.24, 2.45) is 0 Å². The Morgan fingerprint density at radius 1 is 0.920 bits per heavy atom. The average molecular weight is 344 g/mol. The van der Waals surface area contributed by atoms with Gasteiger partial charge in [-0.3, -0.25) is 14.4 Å². The first-order valence-electron chi connectivity index (χ1n) is 7.11. The number of hydrogen-bond acceptors (Lipinski definition) is 4. The molecule has 0 spiro atoms. The molecule has 6 nitrogen and oxygen atoms in total. The highest BCUT2D eigenvalue weighted by Gasteiger charge is 2.14. The zero-order valence-corrected chi connectivity index (χ0v) is 14.2. The Labute approximate surface area is 145 Å². The van der Waals surface area contributed by atoms with Crippen molar-refractivity contribution in [2.45, 2.75) is 20.8 Å². The van der Waals surface area contributed by atoms with Gasteiger partial charge in [0.2, 0.25) is 0 Å². The van der Waals surface area contributed by atoms with Crippen LogP contribution in [0, 0.1) is 11.8 Å². The lowest BCUT2D eigenvalue weighted by atomic mass is 9.92. The van der Waals surface area contributed by atoms with Crippen molar-refractivity contribution in [3.05, 3.63) is 47.0 Å². The molecular formula is C19H20O6. The Morgan fingerprint density at radius 3 is 2.08 bits per heavy atom. The summed E-state index contributed by atoms with van der Waals surface area (Å²) in [7, 11) is 0. The van der Waals surface area contributed by atoms with Gasteiger partial charge < -0.3 is 15.7 Å². The van der Waals surface area contributed by atoms with Crippen LogP contribution in [0.15, 0.2) is 30.3 Å². The summed E-state index contributed by atoms with van der Waals surface area (Å²) in [5.41, 5.74) is 1.67. The first kappa shape index (κ1) is 22.0. The highest BCUT2D eigenvalue weighted by molar-refractivity contribution is 6.16. The maximum atomic E-state index is 11.9. The number of carbonyl (C=O) groups excluding carboxylic acids is 3. The van der Waals surface area contributed by atoms with E-state index in [0.29, 0.717) is 22.1 Å². The number of fused-ring (bicyclic) bond motifs is 1. The molecule has 25 heavy (non-hydrogen) atoms. The molecular weight excluding hydrogens is 324 g/mol. The first-order chi connectivity index (χ1) is 10.9. The molecule has 0 aliphatic heterocycles. The second kappa shape index (κ2) is 9.33. The topological polar surface area (TPSA) is 123 Å². The van der Waals surface area contributed by atoms with Crippen LogP contribution in [0.5, 0.6) is 0 Å². The van der Waals surface area contributed by atoms with E-state index in [-0.39, 0.29) is 29.1 Å². The molecule has 0 unspecified atom stereocenters. The maximum absolute atomic E-state index is 11.9. The lowest BCUT2D eigenvalue weighted by molar-refractivity contribution is -0.139. The predicted octanol–water partition coefficient (Wildman–Crippen LogP) is 1.51. The molecule has 0 saturated carbocycles. The molecule has 0 heterocycles. The summed E-state index contributed by atoms with van der Waals surface area (Å²) in [5, 5.41) is 1.35. The molecule has 2 aromatic carbocycles. The third-order valence-electron chi connectivity index (χ3n) is 3.37. The maximum Gasteiger partial charge on any atom is 0.303 e. The van der Waals surface area contributed by atoms with Crippen LogP contribution in [0.2, 0.25) is 0 Å². The number of hydrogen-bond donors (Lipinski definition) is 0. The van der Waals surface area contributed by atoms with E-state index in [2.05, 4.69) is 11.8 Å². The van der Waals surface area contributed by atoms with Gasteiger partial charge in [0.15, 0.2) is 18.2 Å².